The van der Waals surface area contributed by atoms with E-state index in [0.29, 0.717) is 26.2 Å². The lowest BCUT2D eigenvalue weighted by Crippen LogP contribution is -2.49. The van der Waals surface area contributed by atoms with E-state index < -0.39 is 12.7 Å². The van der Waals surface area contributed by atoms with Gasteiger partial charge in [-0.15, -0.1) is 0 Å². The van der Waals surface area contributed by atoms with Crippen molar-refractivity contribution in [2.75, 3.05) is 37.6 Å². The van der Waals surface area contributed by atoms with Crippen LogP contribution in [0.2, 0.25) is 0 Å². The highest BCUT2D eigenvalue weighted by molar-refractivity contribution is 9.10. The van der Waals surface area contributed by atoms with Crippen LogP contribution >= 0.6 is 15.9 Å². The number of pyridine rings is 1. The Kier molecular flexibility index (Phi) is 4.11. The Morgan fingerprint density at radius 1 is 1.17 bits per heavy atom. The third kappa shape index (κ3) is 3.84. The molecular formula is C11H13BrF3N3. The average molecular weight is 324 g/mol. The second-order valence-electron chi connectivity index (χ2n) is 4.24. The van der Waals surface area contributed by atoms with Gasteiger partial charge in [-0.1, -0.05) is 0 Å². The molecule has 1 fully saturated rings. The monoisotopic (exact) mass is 323 g/mol. The molecule has 0 amide bonds. The van der Waals surface area contributed by atoms with Gasteiger partial charge in [-0.3, -0.25) is 9.88 Å². The third-order valence-corrected chi connectivity index (χ3v) is 3.26. The summed E-state index contributed by atoms with van der Waals surface area (Å²) in [6.07, 6.45) is -0.701. The van der Waals surface area contributed by atoms with Crippen molar-refractivity contribution in [3.63, 3.8) is 0 Å². The number of piperazine rings is 1. The molecule has 0 spiro atoms. The van der Waals surface area contributed by atoms with Crippen LogP contribution in [0.15, 0.2) is 22.9 Å². The third-order valence-electron chi connectivity index (χ3n) is 2.83. The quantitative estimate of drug-likeness (QED) is 0.833. The molecule has 0 aromatic carbocycles. The van der Waals surface area contributed by atoms with Gasteiger partial charge in [-0.05, 0) is 22.0 Å². The number of aromatic nitrogens is 1. The van der Waals surface area contributed by atoms with E-state index in [1.807, 2.05) is 11.0 Å². The fraction of sp³-hybridized carbons (Fsp3) is 0.545. The topological polar surface area (TPSA) is 19.4 Å². The molecule has 0 N–H and O–H groups in total. The molecule has 18 heavy (non-hydrogen) atoms. The Bertz CT molecular complexity index is 403. The number of hydrogen-bond donors (Lipinski definition) is 0. The maximum Gasteiger partial charge on any atom is 0.401 e. The molecule has 0 radical (unpaired) electrons. The first-order valence-electron chi connectivity index (χ1n) is 5.59. The predicted octanol–water partition coefficient (Wildman–Crippen LogP) is 2.53. The molecule has 1 aliphatic rings. The SMILES string of the molecule is FC(F)(F)CN1CCN(c2cncc(Br)c2)CC1. The predicted molar refractivity (Wildman–Crippen MR) is 66.6 cm³/mol. The number of rotatable bonds is 2. The van der Waals surface area contributed by atoms with Crippen molar-refractivity contribution in [2.45, 2.75) is 6.18 Å². The first-order valence-corrected chi connectivity index (χ1v) is 6.38. The van der Waals surface area contributed by atoms with Gasteiger partial charge in [0.15, 0.2) is 0 Å². The van der Waals surface area contributed by atoms with Crippen molar-refractivity contribution in [3.8, 4) is 0 Å². The zero-order valence-corrected chi connectivity index (χ0v) is 11.2. The maximum atomic E-state index is 12.2. The molecule has 0 bridgehead atoms. The minimum Gasteiger partial charge on any atom is -0.368 e. The van der Waals surface area contributed by atoms with Crippen molar-refractivity contribution in [1.29, 1.82) is 0 Å². The zero-order chi connectivity index (χ0) is 13.2. The molecule has 0 atom stereocenters. The van der Waals surface area contributed by atoms with E-state index in [1.54, 1.807) is 12.4 Å². The summed E-state index contributed by atoms with van der Waals surface area (Å²) < 4.78 is 37.6. The Balaban J connectivity index is 1.91. The summed E-state index contributed by atoms with van der Waals surface area (Å²) in [6, 6.07) is 1.92. The highest BCUT2D eigenvalue weighted by atomic mass is 79.9. The fourth-order valence-corrected chi connectivity index (χ4v) is 2.34. The Labute approximate surface area is 112 Å². The Morgan fingerprint density at radius 3 is 2.39 bits per heavy atom. The van der Waals surface area contributed by atoms with Crippen LogP contribution in [0.4, 0.5) is 18.9 Å². The number of alkyl halides is 3. The lowest BCUT2D eigenvalue weighted by molar-refractivity contribution is -0.146. The minimum absolute atomic E-state index is 0.423. The first kappa shape index (κ1) is 13.6. The molecule has 0 saturated carbocycles. The van der Waals surface area contributed by atoms with Crippen molar-refractivity contribution >= 4 is 21.6 Å². The van der Waals surface area contributed by atoms with Crippen LogP contribution in [0, 0.1) is 0 Å². The van der Waals surface area contributed by atoms with Crippen molar-refractivity contribution in [1.82, 2.24) is 9.88 Å². The number of nitrogens with zero attached hydrogens (tertiary/aromatic N) is 3. The van der Waals surface area contributed by atoms with Gasteiger partial charge in [0.25, 0.3) is 0 Å². The molecule has 100 valence electrons. The lowest BCUT2D eigenvalue weighted by Gasteiger charge is -2.36. The number of halogens is 4. The number of anilines is 1. The summed E-state index contributed by atoms with van der Waals surface area (Å²) in [5.41, 5.74) is 0.941. The summed E-state index contributed by atoms with van der Waals surface area (Å²) in [7, 11) is 0. The molecule has 2 rings (SSSR count). The minimum atomic E-state index is -4.11. The molecule has 1 aromatic rings. The fourth-order valence-electron chi connectivity index (χ4n) is 1.99. The van der Waals surface area contributed by atoms with Gasteiger partial charge in [0.2, 0.25) is 0 Å². The van der Waals surface area contributed by atoms with Gasteiger partial charge < -0.3 is 4.90 Å². The normalized spacial score (nSPS) is 18.1. The van der Waals surface area contributed by atoms with Gasteiger partial charge in [-0.2, -0.15) is 13.2 Å². The zero-order valence-electron chi connectivity index (χ0n) is 9.62. The van der Waals surface area contributed by atoms with Gasteiger partial charge >= 0.3 is 6.18 Å². The van der Waals surface area contributed by atoms with Gasteiger partial charge in [-0.25, -0.2) is 0 Å². The molecule has 0 aliphatic carbocycles. The summed E-state index contributed by atoms with van der Waals surface area (Å²) in [6.45, 7) is 1.21. The molecule has 1 aromatic heterocycles. The van der Waals surface area contributed by atoms with Crippen LogP contribution in [-0.2, 0) is 0 Å². The second-order valence-corrected chi connectivity index (χ2v) is 5.16. The smallest absolute Gasteiger partial charge is 0.368 e. The summed E-state index contributed by atoms with van der Waals surface area (Å²) >= 11 is 3.33. The molecule has 1 aliphatic heterocycles. The van der Waals surface area contributed by atoms with E-state index in [4.69, 9.17) is 0 Å². The average Bonchev–Trinajstić information content (AvgIpc) is 2.28. The first-order chi connectivity index (χ1) is 8.44. The molecule has 3 nitrogen and oxygen atoms in total. The standard InChI is InChI=1S/C11H13BrF3N3/c12-9-5-10(7-16-6-9)18-3-1-17(2-4-18)8-11(13,14)15/h5-7H,1-4,8H2. The van der Waals surface area contributed by atoms with E-state index in [2.05, 4.69) is 20.9 Å². The van der Waals surface area contributed by atoms with E-state index in [1.165, 1.54) is 4.90 Å². The van der Waals surface area contributed by atoms with Crippen molar-refractivity contribution < 1.29 is 13.2 Å². The Hall–Kier alpha value is -0.820. The van der Waals surface area contributed by atoms with Crippen molar-refractivity contribution in [2.24, 2.45) is 0 Å². The molecular weight excluding hydrogens is 311 g/mol. The summed E-state index contributed by atoms with van der Waals surface area (Å²) in [5, 5.41) is 0. The van der Waals surface area contributed by atoms with E-state index in [0.717, 1.165) is 10.2 Å². The van der Waals surface area contributed by atoms with E-state index in [-0.39, 0.29) is 0 Å². The lowest BCUT2D eigenvalue weighted by atomic mass is 10.2. The van der Waals surface area contributed by atoms with Crippen LogP contribution < -0.4 is 4.90 Å². The van der Waals surface area contributed by atoms with Crippen LogP contribution in [0.1, 0.15) is 0 Å². The summed E-state index contributed by atoms with van der Waals surface area (Å²) in [5.74, 6) is 0. The van der Waals surface area contributed by atoms with Gasteiger partial charge in [0, 0.05) is 36.8 Å². The molecule has 2 heterocycles. The van der Waals surface area contributed by atoms with Crippen molar-refractivity contribution in [3.05, 3.63) is 22.9 Å². The van der Waals surface area contributed by atoms with Gasteiger partial charge in [0.1, 0.15) is 0 Å². The largest absolute Gasteiger partial charge is 0.401 e. The molecule has 1 saturated heterocycles. The highest BCUT2D eigenvalue weighted by Crippen LogP contribution is 2.21. The second kappa shape index (κ2) is 5.44. The van der Waals surface area contributed by atoms with E-state index in [9.17, 15) is 13.2 Å². The van der Waals surface area contributed by atoms with E-state index >= 15 is 0 Å². The Morgan fingerprint density at radius 2 is 1.83 bits per heavy atom. The maximum absolute atomic E-state index is 12.2. The molecule has 7 heteroatoms. The van der Waals surface area contributed by atoms with Crippen LogP contribution in [0.3, 0.4) is 0 Å². The van der Waals surface area contributed by atoms with Crippen LogP contribution in [0.25, 0.3) is 0 Å². The summed E-state index contributed by atoms with van der Waals surface area (Å²) in [4.78, 5) is 7.53. The van der Waals surface area contributed by atoms with Crippen LogP contribution in [0.5, 0.6) is 0 Å². The van der Waals surface area contributed by atoms with Gasteiger partial charge in [0.05, 0.1) is 18.4 Å². The highest BCUT2D eigenvalue weighted by Gasteiger charge is 2.32. The van der Waals surface area contributed by atoms with Crippen LogP contribution in [-0.4, -0.2) is 48.8 Å². The molecule has 0 unspecified atom stereocenters. The number of hydrogen-bond acceptors (Lipinski definition) is 3.